The Morgan fingerprint density at radius 2 is 1.77 bits per heavy atom. The quantitative estimate of drug-likeness (QED) is 0.633. The van der Waals surface area contributed by atoms with Gasteiger partial charge in [-0.3, -0.25) is 4.79 Å². The van der Waals surface area contributed by atoms with Crippen LogP contribution in [0.1, 0.15) is 30.4 Å². The highest BCUT2D eigenvalue weighted by molar-refractivity contribution is 7.98. The van der Waals surface area contributed by atoms with Crippen LogP contribution in [0.25, 0.3) is 11.1 Å². The highest BCUT2D eigenvalue weighted by Crippen LogP contribution is 2.42. The van der Waals surface area contributed by atoms with Gasteiger partial charge in [-0.1, -0.05) is 18.2 Å². The third-order valence-corrected chi connectivity index (χ3v) is 6.04. The van der Waals surface area contributed by atoms with Crippen LogP contribution in [-0.4, -0.2) is 39.9 Å². The number of thioether (sulfide) groups is 1. The van der Waals surface area contributed by atoms with Crippen LogP contribution in [0.3, 0.4) is 0 Å². The van der Waals surface area contributed by atoms with E-state index in [1.807, 2.05) is 11.2 Å². The number of benzene rings is 2. The van der Waals surface area contributed by atoms with Crippen LogP contribution in [0.5, 0.6) is 11.5 Å². The monoisotopic (exact) mass is 367 g/mol. The van der Waals surface area contributed by atoms with Gasteiger partial charge in [0.1, 0.15) is 0 Å². The average molecular weight is 367 g/mol. The van der Waals surface area contributed by atoms with Crippen molar-refractivity contribution < 1.29 is 15.0 Å². The van der Waals surface area contributed by atoms with E-state index in [2.05, 4.69) is 24.3 Å². The van der Waals surface area contributed by atoms with Gasteiger partial charge in [-0.25, -0.2) is 0 Å². The van der Waals surface area contributed by atoms with Crippen LogP contribution in [0.15, 0.2) is 47.4 Å². The van der Waals surface area contributed by atoms with Crippen molar-refractivity contribution in [2.24, 2.45) is 0 Å². The van der Waals surface area contributed by atoms with Gasteiger partial charge in [0.25, 0.3) is 5.91 Å². The number of nitrogens with zero attached hydrogens (tertiary/aromatic N) is 1. The fourth-order valence-corrected chi connectivity index (χ4v) is 4.36. The van der Waals surface area contributed by atoms with E-state index in [1.165, 1.54) is 17.0 Å². The van der Waals surface area contributed by atoms with Gasteiger partial charge in [0.05, 0.1) is 5.57 Å². The van der Waals surface area contributed by atoms with E-state index in [0.717, 1.165) is 36.9 Å². The third-order valence-electron chi connectivity index (χ3n) is 5.30. The maximum atomic E-state index is 13.2. The summed E-state index contributed by atoms with van der Waals surface area (Å²) in [6.45, 7) is 0.787. The Hall–Kier alpha value is -2.40. The van der Waals surface area contributed by atoms with E-state index in [1.54, 1.807) is 17.8 Å². The molecule has 2 aliphatic heterocycles. The van der Waals surface area contributed by atoms with Crippen molar-refractivity contribution in [1.82, 2.24) is 4.90 Å². The van der Waals surface area contributed by atoms with Crippen LogP contribution >= 0.6 is 11.8 Å². The molecule has 4 nitrogen and oxygen atoms in total. The summed E-state index contributed by atoms with van der Waals surface area (Å²) in [6, 6.07) is 13.2. The second kappa shape index (κ2) is 6.72. The standard InChI is InChI=1S/C21H21NO3S/c1-26-16-7-4-13(5-8-16)17-12-15-3-2-10-22(15)21(25)20(17)14-6-9-18(23)19(24)11-14/h4-9,11,15,23-24H,2-3,10,12H2,1H3. The summed E-state index contributed by atoms with van der Waals surface area (Å²) < 4.78 is 0. The molecule has 0 saturated carbocycles. The number of hydrogen-bond acceptors (Lipinski definition) is 4. The molecule has 2 aromatic rings. The van der Waals surface area contributed by atoms with Crippen LogP contribution in [0, 0.1) is 0 Å². The lowest BCUT2D eigenvalue weighted by Gasteiger charge is -2.33. The lowest BCUT2D eigenvalue weighted by molar-refractivity contribution is -0.126. The predicted octanol–water partition coefficient (Wildman–Crippen LogP) is 4.13. The predicted molar refractivity (Wildman–Crippen MR) is 104 cm³/mol. The molecule has 2 aromatic carbocycles. The summed E-state index contributed by atoms with van der Waals surface area (Å²) in [5.74, 6) is -0.362. The largest absolute Gasteiger partial charge is 0.504 e. The van der Waals surface area contributed by atoms with E-state index in [4.69, 9.17) is 0 Å². The van der Waals surface area contributed by atoms with Crippen LogP contribution in [0.4, 0.5) is 0 Å². The van der Waals surface area contributed by atoms with Crippen molar-refractivity contribution >= 4 is 28.8 Å². The van der Waals surface area contributed by atoms with Gasteiger partial charge in [-0.2, -0.15) is 0 Å². The Morgan fingerprint density at radius 3 is 2.46 bits per heavy atom. The molecule has 134 valence electrons. The third kappa shape index (κ3) is 2.86. The number of carbonyl (C=O) groups excluding carboxylic acids is 1. The minimum absolute atomic E-state index is 0.0211. The Labute approximate surface area is 157 Å². The summed E-state index contributed by atoms with van der Waals surface area (Å²) in [7, 11) is 0. The molecular weight excluding hydrogens is 346 g/mol. The normalized spacial score (nSPS) is 19.8. The van der Waals surface area contributed by atoms with Crippen molar-refractivity contribution in [3.8, 4) is 11.5 Å². The Balaban J connectivity index is 1.88. The molecule has 4 rings (SSSR count). The number of rotatable bonds is 3. The Morgan fingerprint density at radius 1 is 1.04 bits per heavy atom. The Bertz CT molecular complexity index is 889. The van der Waals surface area contributed by atoms with Gasteiger partial charge >= 0.3 is 0 Å². The highest BCUT2D eigenvalue weighted by atomic mass is 32.2. The maximum Gasteiger partial charge on any atom is 0.255 e. The van der Waals surface area contributed by atoms with Crippen LogP contribution in [0.2, 0.25) is 0 Å². The number of phenolic OH excluding ortho intramolecular Hbond substituents is 2. The van der Waals surface area contributed by atoms with Crippen LogP contribution < -0.4 is 0 Å². The molecule has 0 bridgehead atoms. The molecule has 26 heavy (non-hydrogen) atoms. The molecule has 2 N–H and O–H groups in total. The van der Waals surface area contributed by atoms with E-state index in [0.29, 0.717) is 11.1 Å². The van der Waals surface area contributed by atoms with E-state index < -0.39 is 0 Å². The average Bonchev–Trinajstić information content (AvgIpc) is 3.13. The second-order valence-electron chi connectivity index (χ2n) is 6.78. The fraction of sp³-hybridized carbons (Fsp3) is 0.286. The first kappa shape index (κ1) is 17.0. The molecule has 1 atom stereocenters. The topological polar surface area (TPSA) is 60.8 Å². The SMILES string of the molecule is CSc1ccc(C2=C(c3ccc(O)c(O)c3)C(=O)N3CCCC3C2)cc1. The molecule has 2 aliphatic rings. The molecule has 2 heterocycles. The maximum absolute atomic E-state index is 13.2. The zero-order chi connectivity index (χ0) is 18.3. The summed E-state index contributed by atoms with van der Waals surface area (Å²) >= 11 is 1.69. The molecule has 0 aromatic heterocycles. The highest BCUT2D eigenvalue weighted by Gasteiger charge is 2.38. The zero-order valence-corrected chi connectivity index (χ0v) is 15.4. The van der Waals surface area contributed by atoms with Crippen molar-refractivity contribution in [2.45, 2.75) is 30.2 Å². The smallest absolute Gasteiger partial charge is 0.255 e. The first-order valence-corrected chi connectivity index (χ1v) is 10.0. The molecular formula is C21H21NO3S. The molecule has 0 aliphatic carbocycles. The summed E-state index contributed by atoms with van der Waals surface area (Å²) in [5, 5.41) is 19.6. The van der Waals surface area contributed by atoms with Gasteiger partial charge in [0.2, 0.25) is 0 Å². The second-order valence-corrected chi connectivity index (χ2v) is 7.66. The van der Waals surface area contributed by atoms with Gasteiger partial charge in [0, 0.05) is 17.5 Å². The first-order valence-electron chi connectivity index (χ1n) is 8.79. The van der Waals surface area contributed by atoms with Crippen molar-refractivity contribution in [2.75, 3.05) is 12.8 Å². The Kier molecular flexibility index (Phi) is 4.41. The van der Waals surface area contributed by atoms with Crippen LogP contribution in [-0.2, 0) is 4.79 Å². The van der Waals surface area contributed by atoms with Crippen molar-refractivity contribution in [3.05, 3.63) is 53.6 Å². The lowest BCUT2D eigenvalue weighted by Crippen LogP contribution is -2.39. The molecule has 1 fully saturated rings. The van der Waals surface area contributed by atoms with Gasteiger partial charge in [0.15, 0.2) is 11.5 Å². The lowest BCUT2D eigenvalue weighted by atomic mass is 9.85. The number of fused-ring (bicyclic) bond motifs is 1. The van der Waals surface area contributed by atoms with Gasteiger partial charge in [-0.15, -0.1) is 11.8 Å². The summed E-state index contributed by atoms with van der Waals surface area (Å²) in [6.07, 6.45) is 4.93. The number of phenols is 2. The number of carbonyl (C=O) groups is 1. The molecule has 5 heteroatoms. The first-order chi connectivity index (χ1) is 12.6. The van der Waals surface area contributed by atoms with Crippen molar-refractivity contribution in [3.63, 3.8) is 0 Å². The summed E-state index contributed by atoms with van der Waals surface area (Å²) in [4.78, 5) is 16.4. The van der Waals surface area contributed by atoms with E-state index in [-0.39, 0.29) is 23.4 Å². The molecule has 0 spiro atoms. The van der Waals surface area contributed by atoms with Crippen molar-refractivity contribution in [1.29, 1.82) is 0 Å². The summed E-state index contributed by atoms with van der Waals surface area (Å²) in [5.41, 5.74) is 3.36. The zero-order valence-electron chi connectivity index (χ0n) is 14.6. The minimum atomic E-state index is -0.205. The molecule has 1 unspecified atom stereocenters. The molecule has 0 radical (unpaired) electrons. The number of amides is 1. The molecule has 1 saturated heterocycles. The molecule has 1 amide bonds. The van der Waals surface area contributed by atoms with Gasteiger partial charge in [-0.05, 0) is 66.5 Å². The van der Waals surface area contributed by atoms with Gasteiger partial charge < -0.3 is 15.1 Å². The number of aromatic hydroxyl groups is 2. The fourth-order valence-electron chi connectivity index (χ4n) is 3.96. The van der Waals surface area contributed by atoms with E-state index in [9.17, 15) is 15.0 Å². The van der Waals surface area contributed by atoms with E-state index >= 15 is 0 Å². The number of hydrogen-bond donors (Lipinski definition) is 2. The minimum Gasteiger partial charge on any atom is -0.504 e.